The molecule has 15 heavy (non-hydrogen) atoms. The number of nitrogens with one attached hydrogen (secondary N) is 1. The molecule has 2 aromatic rings. The molecule has 0 fully saturated rings. The Balaban J connectivity index is 2.54. The fourth-order valence-corrected chi connectivity index (χ4v) is 2.18. The molecule has 1 N–H and O–H groups in total. The SMILES string of the molecule is CC(C)c1cc(=S)nc(-c2ccsc2)[nH]1. The van der Waals surface area contributed by atoms with E-state index in [4.69, 9.17) is 12.2 Å². The molecule has 0 saturated carbocycles. The Kier molecular flexibility index (Phi) is 2.98. The van der Waals surface area contributed by atoms with Crippen molar-refractivity contribution >= 4 is 23.6 Å². The van der Waals surface area contributed by atoms with Crippen molar-refractivity contribution in [2.75, 3.05) is 0 Å². The Morgan fingerprint density at radius 2 is 2.27 bits per heavy atom. The average Bonchev–Trinajstić information content (AvgIpc) is 2.69. The van der Waals surface area contributed by atoms with Crippen molar-refractivity contribution in [2.24, 2.45) is 0 Å². The first-order valence-electron chi connectivity index (χ1n) is 4.80. The molecule has 2 aromatic heterocycles. The summed E-state index contributed by atoms with van der Waals surface area (Å²) >= 11 is 6.81. The van der Waals surface area contributed by atoms with Crippen LogP contribution in [0.25, 0.3) is 11.4 Å². The molecule has 0 atom stereocenters. The van der Waals surface area contributed by atoms with Gasteiger partial charge in [-0.05, 0) is 23.4 Å². The summed E-state index contributed by atoms with van der Waals surface area (Å²) in [7, 11) is 0. The summed E-state index contributed by atoms with van der Waals surface area (Å²) < 4.78 is 0.652. The first kappa shape index (κ1) is 10.5. The van der Waals surface area contributed by atoms with E-state index < -0.39 is 0 Å². The van der Waals surface area contributed by atoms with Crippen molar-refractivity contribution in [3.8, 4) is 11.4 Å². The summed E-state index contributed by atoms with van der Waals surface area (Å²) in [6.45, 7) is 4.27. The lowest BCUT2D eigenvalue weighted by atomic mass is 10.1. The van der Waals surface area contributed by atoms with E-state index in [1.165, 1.54) is 0 Å². The maximum Gasteiger partial charge on any atom is 0.139 e. The lowest BCUT2D eigenvalue weighted by molar-refractivity contribution is 0.815. The van der Waals surface area contributed by atoms with Gasteiger partial charge in [-0.25, -0.2) is 4.98 Å². The van der Waals surface area contributed by atoms with Crippen molar-refractivity contribution in [2.45, 2.75) is 19.8 Å². The molecule has 0 saturated heterocycles. The quantitative estimate of drug-likeness (QED) is 0.799. The number of aromatic nitrogens is 2. The van der Waals surface area contributed by atoms with Crippen LogP contribution in [0.2, 0.25) is 0 Å². The fraction of sp³-hybridized carbons (Fsp3) is 0.273. The van der Waals surface area contributed by atoms with Crippen LogP contribution in [-0.2, 0) is 0 Å². The highest BCUT2D eigenvalue weighted by Gasteiger charge is 2.05. The van der Waals surface area contributed by atoms with Gasteiger partial charge in [0.15, 0.2) is 0 Å². The van der Waals surface area contributed by atoms with E-state index >= 15 is 0 Å². The van der Waals surface area contributed by atoms with E-state index in [-0.39, 0.29) is 0 Å². The molecule has 2 heterocycles. The minimum absolute atomic E-state index is 0.437. The number of rotatable bonds is 2. The topological polar surface area (TPSA) is 28.7 Å². The Bertz CT molecular complexity index is 498. The lowest BCUT2D eigenvalue weighted by Gasteiger charge is -2.07. The summed E-state index contributed by atoms with van der Waals surface area (Å²) in [4.78, 5) is 7.64. The number of hydrogen-bond donors (Lipinski definition) is 1. The first-order chi connectivity index (χ1) is 7.16. The molecule has 4 heteroatoms. The number of hydrogen-bond acceptors (Lipinski definition) is 3. The Hall–Kier alpha value is -1.00. The van der Waals surface area contributed by atoms with Gasteiger partial charge in [0.25, 0.3) is 0 Å². The van der Waals surface area contributed by atoms with Gasteiger partial charge in [0.1, 0.15) is 10.5 Å². The monoisotopic (exact) mass is 236 g/mol. The Morgan fingerprint density at radius 3 is 2.87 bits per heavy atom. The van der Waals surface area contributed by atoms with Gasteiger partial charge in [0.05, 0.1) is 0 Å². The number of thiophene rings is 1. The second-order valence-electron chi connectivity index (χ2n) is 3.69. The van der Waals surface area contributed by atoms with Gasteiger partial charge in [0, 0.05) is 16.6 Å². The third kappa shape index (κ3) is 2.33. The molecule has 2 nitrogen and oxygen atoms in total. The van der Waals surface area contributed by atoms with E-state index in [2.05, 4.69) is 29.2 Å². The van der Waals surface area contributed by atoms with E-state index in [0.29, 0.717) is 10.6 Å². The van der Waals surface area contributed by atoms with Gasteiger partial charge in [-0.15, -0.1) is 0 Å². The zero-order chi connectivity index (χ0) is 10.8. The summed E-state index contributed by atoms with van der Waals surface area (Å²) in [6.07, 6.45) is 0. The first-order valence-corrected chi connectivity index (χ1v) is 6.16. The highest BCUT2D eigenvalue weighted by molar-refractivity contribution is 7.71. The summed E-state index contributed by atoms with van der Waals surface area (Å²) in [6, 6.07) is 3.97. The number of H-pyrrole nitrogens is 1. The van der Waals surface area contributed by atoms with Gasteiger partial charge in [-0.2, -0.15) is 11.3 Å². The normalized spacial score (nSPS) is 10.9. The van der Waals surface area contributed by atoms with Crippen molar-refractivity contribution < 1.29 is 0 Å². The highest BCUT2D eigenvalue weighted by atomic mass is 32.1. The van der Waals surface area contributed by atoms with E-state index in [9.17, 15) is 0 Å². The molecule has 0 unspecified atom stereocenters. The Morgan fingerprint density at radius 1 is 1.47 bits per heavy atom. The molecule has 78 valence electrons. The largest absolute Gasteiger partial charge is 0.343 e. The summed E-state index contributed by atoms with van der Waals surface area (Å²) in [5.74, 6) is 1.31. The van der Waals surface area contributed by atoms with Crippen LogP contribution in [0.15, 0.2) is 22.9 Å². The molecule has 0 aliphatic carbocycles. The number of aromatic amines is 1. The van der Waals surface area contributed by atoms with Crippen LogP contribution in [0.5, 0.6) is 0 Å². The van der Waals surface area contributed by atoms with E-state index in [0.717, 1.165) is 17.1 Å². The second kappa shape index (κ2) is 4.24. The van der Waals surface area contributed by atoms with Gasteiger partial charge in [0.2, 0.25) is 0 Å². The predicted octanol–water partition coefficient (Wildman–Crippen LogP) is 3.99. The van der Waals surface area contributed by atoms with Gasteiger partial charge in [-0.3, -0.25) is 0 Å². The molecular formula is C11H12N2S2. The van der Waals surface area contributed by atoms with Crippen LogP contribution in [0.3, 0.4) is 0 Å². The zero-order valence-corrected chi connectivity index (χ0v) is 10.3. The Labute approximate surface area is 98.0 Å². The van der Waals surface area contributed by atoms with Crippen molar-refractivity contribution in [1.82, 2.24) is 9.97 Å². The molecule has 0 amide bonds. The molecule has 0 spiro atoms. The van der Waals surface area contributed by atoms with Crippen LogP contribution in [0.1, 0.15) is 25.5 Å². The van der Waals surface area contributed by atoms with Gasteiger partial charge in [-0.1, -0.05) is 26.1 Å². The minimum Gasteiger partial charge on any atom is -0.343 e. The van der Waals surface area contributed by atoms with Crippen molar-refractivity contribution in [3.63, 3.8) is 0 Å². The second-order valence-corrected chi connectivity index (χ2v) is 4.89. The number of nitrogens with zero attached hydrogens (tertiary/aromatic N) is 1. The standard InChI is InChI=1S/C11H12N2S2/c1-7(2)9-5-10(14)13-11(12-9)8-3-4-15-6-8/h3-7H,1-2H3,(H,12,13,14). The smallest absolute Gasteiger partial charge is 0.139 e. The third-order valence-electron chi connectivity index (χ3n) is 2.18. The lowest BCUT2D eigenvalue weighted by Crippen LogP contribution is -1.97. The summed E-state index contributed by atoms with van der Waals surface area (Å²) in [5.41, 5.74) is 2.24. The maximum absolute atomic E-state index is 5.15. The third-order valence-corrected chi connectivity index (χ3v) is 3.07. The highest BCUT2D eigenvalue weighted by Crippen LogP contribution is 2.20. The minimum atomic E-state index is 0.437. The maximum atomic E-state index is 5.15. The van der Waals surface area contributed by atoms with Crippen LogP contribution < -0.4 is 0 Å². The van der Waals surface area contributed by atoms with E-state index in [1.54, 1.807) is 11.3 Å². The van der Waals surface area contributed by atoms with Gasteiger partial charge < -0.3 is 4.98 Å². The van der Waals surface area contributed by atoms with Crippen LogP contribution in [0, 0.1) is 4.64 Å². The van der Waals surface area contributed by atoms with Crippen molar-refractivity contribution in [3.05, 3.63) is 33.2 Å². The molecule has 0 aromatic carbocycles. The van der Waals surface area contributed by atoms with Crippen LogP contribution in [-0.4, -0.2) is 9.97 Å². The van der Waals surface area contributed by atoms with Crippen LogP contribution >= 0.6 is 23.6 Å². The van der Waals surface area contributed by atoms with Gasteiger partial charge >= 0.3 is 0 Å². The molecule has 0 aliphatic rings. The molecular weight excluding hydrogens is 224 g/mol. The molecule has 0 aliphatic heterocycles. The summed E-state index contributed by atoms with van der Waals surface area (Å²) in [5, 5.41) is 4.10. The van der Waals surface area contributed by atoms with Crippen LogP contribution in [0.4, 0.5) is 0 Å². The zero-order valence-electron chi connectivity index (χ0n) is 8.65. The molecule has 2 rings (SSSR count). The molecule has 0 radical (unpaired) electrons. The fourth-order valence-electron chi connectivity index (χ4n) is 1.32. The van der Waals surface area contributed by atoms with E-state index in [1.807, 2.05) is 17.5 Å². The molecule has 0 bridgehead atoms. The predicted molar refractivity (Wildman–Crippen MR) is 66.8 cm³/mol. The van der Waals surface area contributed by atoms with Crippen molar-refractivity contribution in [1.29, 1.82) is 0 Å². The average molecular weight is 236 g/mol.